The van der Waals surface area contributed by atoms with Gasteiger partial charge in [0, 0.05) is 13.2 Å². The number of nitrogens with zero attached hydrogens (tertiary/aromatic N) is 3. The molecule has 1 saturated heterocycles. The van der Waals surface area contributed by atoms with Crippen LogP contribution < -0.4 is 16.6 Å². The van der Waals surface area contributed by atoms with Crippen LogP contribution in [0.2, 0.25) is 0 Å². The van der Waals surface area contributed by atoms with E-state index in [2.05, 4.69) is 20.7 Å². The van der Waals surface area contributed by atoms with Crippen LogP contribution in [0.3, 0.4) is 0 Å². The van der Waals surface area contributed by atoms with Crippen LogP contribution in [0.25, 0.3) is 0 Å². The number of aromatic nitrogens is 2. The lowest BCUT2D eigenvalue weighted by Crippen LogP contribution is -2.20. The highest BCUT2D eigenvalue weighted by Crippen LogP contribution is 2.22. The molecule has 1 fully saturated rings. The van der Waals surface area contributed by atoms with Crippen molar-refractivity contribution in [1.82, 2.24) is 9.97 Å². The lowest BCUT2D eigenvalue weighted by atomic mass is 10.2. The zero-order chi connectivity index (χ0) is 13.0. The fourth-order valence-corrected chi connectivity index (χ4v) is 1.72. The fourth-order valence-electron chi connectivity index (χ4n) is 1.72. The highest BCUT2D eigenvalue weighted by atomic mass is 16.6. The third-order valence-electron chi connectivity index (χ3n) is 2.62. The molecule has 0 aromatic carbocycles. The Balaban J connectivity index is 2.10. The van der Waals surface area contributed by atoms with Gasteiger partial charge in [-0.05, 0) is 12.8 Å². The zero-order valence-corrected chi connectivity index (χ0v) is 9.63. The number of ether oxygens (including phenoxy) is 1. The van der Waals surface area contributed by atoms with Crippen molar-refractivity contribution in [3.8, 4) is 0 Å². The van der Waals surface area contributed by atoms with E-state index in [1.165, 1.54) is 0 Å². The summed E-state index contributed by atoms with van der Waals surface area (Å²) in [6.07, 6.45) is 3.12. The zero-order valence-electron chi connectivity index (χ0n) is 9.63. The number of nitrogens with one attached hydrogen (secondary N) is 2. The summed E-state index contributed by atoms with van der Waals surface area (Å²) in [5, 5.41) is 13.7. The van der Waals surface area contributed by atoms with Crippen LogP contribution in [0.4, 0.5) is 17.5 Å². The summed E-state index contributed by atoms with van der Waals surface area (Å²) in [7, 11) is 0. The molecule has 9 nitrogen and oxygen atoms in total. The summed E-state index contributed by atoms with van der Waals surface area (Å²) >= 11 is 0. The lowest BCUT2D eigenvalue weighted by Gasteiger charge is -2.11. The first-order chi connectivity index (χ1) is 8.70. The minimum Gasteiger partial charge on any atom is -0.376 e. The van der Waals surface area contributed by atoms with Crippen LogP contribution in [-0.4, -0.2) is 34.1 Å². The Kier molecular flexibility index (Phi) is 3.85. The van der Waals surface area contributed by atoms with E-state index < -0.39 is 4.92 Å². The summed E-state index contributed by atoms with van der Waals surface area (Å²) in [6.45, 7) is 1.20. The number of hydrogen-bond acceptors (Lipinski definition) is 8. The molecule has 0 spiro atoms. The largest absolute Gasteiger partial charge is 0.376 e. The van der Waals surface area contributed by atoms with Crippen molar-refractivity contribution < 1.29 is 9.66 Å². The quantitative estimate of drug-likeness (QED) is 0.388. The molecular formula is C9H14N6O3. The molecule has 0 amide bonds. The number of anilines is 2. The second-order valence-electron chi connectivity index (χ2n) is 3.84. The molecule has 0 bridgehead atoms. The third kappa shape index (κ3) is 2.81. The van der Waals surface area contributed by atoms with Crippen LogP contribution in [0, 0.1) is 10.1 Å². The molecule has 2 heterocycles. The predicted molar refractivity (Wildman–Crippen MR) is 64.0 cm³/mol. The second kappa shape index (κ2) is 5.56. The summed E-state index contributed by atoms with van der Waals surface area (Å²) in [4.78, 5) is 17.9. The van der Waals surface area contributed by atoms with Crippen LogP contribution in [0.15, 0.2) is 6.20 Å². The van der Waals surface area contributed by atoms with E-state index >= 15 is 0 Å². The van der Waals surface area contributed by atoms with Crippen molar-refractivity contribution >= 4 is 17.5 Å². The molecular weight excluding hydrogens is 240 g/mol. The molecule has 1 unspecified atom stereocenters. The van der Waals surface area contributed by atoms with E-state index in [4.69, 9.17) is 10.6 Å². The molecule has 1 aromatic heterocycles. The Hall–Kier alpha value is -2.00. The van der Waals surface area contributed by atoms with Crippen molar-refractivity contribution in [3.63, 3.8) is 0 Å². The van der Waals surface area contributed by atoms with E-state index in [9.17, 15) is 10.1 Å². The SMILES string of the molecule is NNc1ncc([N+](=O)[O-])c(NCC2CCCO2)n1. The van der Waals surface area contributed by atoms with E-state index in [1.54, 1.807) is 0 Å². The highest BCUT2D eigenvalue weighted by molar-refractivity contribution is 5.56. The third-order valence-corrected chi connectivity index (χ3v) is 2.62. The molecule has 1 atom stereocenters. The number of rotatable bonds is 5. The lowest BCUT2D eigenvalue weighted by molar-refractivity contribution is -0.384. The summed E-state index contributed by atoms with van der Waals surface area (Å²) < 4.78 is 5.42. The smallest absolute Gasteiger partial charge is 0.329 e. The Morgan fingerprint density at radius 3 is 3.11 bits per heavy atom. The Morgan fingerprint density at radius 1 is 1.67 bits per heavy atom. The minimum absolute atomic E-state index is 0.0638. The van der Waals surface area contributed by atoms with Crippen molar-refractivity contribution in [3.05, 3.63) is 16.3 Å². The highest BCUT2D eigenvalue weighted by Gasteiger charge is 2.20. The van der Waals surface area contributed by atoms with Gasteiger partial charge in [0.05, 0.1) is 11.0 Å². The van der Waals surface area contributed by atoms with E-state index in [0.29, 0.717) is 6.54 Å². The van der Waals surface area contributed by atoms with Crippen LogP contribution >= 0.6 is 0 Å². The Bertz CT molecular complexity index is 434. The molecule has 1 aliphatic rings. The van der Waals surface area contributed by atoms with E-state index in [1.807, 2.05) is 0 Å². The van der Waals surface area contributed by atoms with E-state index in [-0.39, 0.29) is 23.6 Å². The van der Waals surface area contributed by atoms with Gasteiger partial charge in [0.15, 0.2) is 0 Å². The molecule has 1 aromatic rings. The van der Waals surface area contributed by atoms with Crippen molar-refractivity contribution in [1.29, 1.82) is 0 Å². The van der Waals surface area contributed by atoms with Gasteiger partial charge < -0.3 is 10.1 Å². The molecule has 18 heavy (non-hydrogen) atoms. The fraction of sp³-hybridized carbons (Fsp3) is 0.556. The van der Waals surface area contributed by atoms with Gasteiger partial charge in [-0.2, -0.15) is 4.98 Å². The molecule has 1 aliphatic heterocycles. The van der Waals surface area contributed by atoms with Gasteiger partial charge >= 0.3 is 5.69 Å². The average Bonchev–Trinajstić information content (AvgIpc) is 2.88. The van der Waals surface area contributed by atoms with Crippen molar-refractivity contribution in [2.75, 3.05) is 23.9 Å². The van der Waals surface area contributed by atoms with Crippen LogP contribution in [-0.2, 0) is 4.74 Å². The van der Waals surface area contributed by atoms with Crippen LogP contribution in [0.1, 0.15) is 12.8 Å². The van der Waals surface area contributed by atoms with Gasteiger partial charge in [-0.25, -0.2) is 10.8 Å². The summed E-state index contributed by atoms with van der Waals surface area (Å²) in [5.74, 6) is 5.42. The maximum atomic E-state index is 10.8. The predicted octanol–water partition coefficient (Wildman–Crippen LogP) is 0.261. The standard InChI is InChI=1S/C9H14N6O3/c10-14-9-12-5-7(15(16)17)8(13-9)11-4-6-2-1-3-18-6/h5-6H,1-4,10H2,(H2,11,12,13,14). The molecule has 2 rings (SSSR count). The molecule has 9 heteroatoms. The van der Waals surface area contributed by atoms with Crippen molar-refractivity contribution in [2.24, 2.45) is 5.84 Å². The first-order valence-corrected chi connectivity index (χ1v) is 5.54. The van der Waals surface area contributed by atoms with Gasteiger partial charge in [-0.3, -0.25) is 15.5 Å². The van der Waals surface area contributed by atoms with E-state index in [0.717, 1.165) is 25.6 Å². The normalized spacial score (nSPS) is 18.6. The molecule has 0 saturated carbocycles. The van der Waals surface area contributed by atoms with Gasteiger partial charge in [0.1, 0.15) is 6.20 Å². The monoisotopic (exact) mass is 254 g/mol. The van der Waals surface area contributed by atoms with Gasteiger partial charge in [0.25, 0.3) is 0 Å². The molecule has 0 radical (unpaired) electrons. The number of nitrogen functional groups attached to an aromatic ring is 1. The second-order valence-corrected chi connectivity index (χ2v) is 3.84. The Morgan fingerprint density at radius 2 is 2.50 bits per heavy atom. The van der Waals surface area contributed by atoms with Gasteiger partial charge in [-0.1, -0.05) is 0 Å². The maximum absolute atomic E-state index is 10.8. The van der Waals surface area contributed by atoms with Gasteiger partial charge in [-0.15, -0.1) is 0 Å². The summed E-state index contributed by atoms with van der Waals surface area (Å²) in [6, 6.07) is 0. The number of hydrogen-bond donors (Lipinski definition) is 3. The molecule has 4 N–H and O–H groups in total. The minimum atomic E-state index is -0.544. The maximum Gasteiger partial charge on any atom is 0.329 e. The average molecular weight is 254 g/mol. The number of hydrazine groups is 1. The van der Waals surface area contributed by atoms with Crippen LogP contribution in [0.5, 0.6) is 0 Å². The Labute approximate surface area is 103 Å². The van der Waals surface area contributed by atoms with Gasteiger partial charge in [0.2, 0.25) is 11.8 Å². The first kappa shape index (κ1) is 12.5. The summed E-state index contributed by atoms with van der Waals surface area (Å²) in [5.41, 5.74) is 2.06. The molecule has 98 valence electrons. The molecule has 0 aliphatic carbocycles. The first-order valence-electron chi connectivity index (χ1n) is 5.54. The number of nitro groups is 1. The number of nitrogens with two attached hydrogens (primary N) is 1. The van der Waals surface area contributed by atoms with Crippen molar-refractivity contribution in [2.45, 2.75) is 18.9 Å². The topological polar surface area (TPSA) is 128 Å².